The van der Waals surface area contributed by atoms with E-state index in [4.69, 9.17) is 28.9 Å². The molecule has 1 unspecified atom stereocenters. The average Bonchev–Trinajstić information content (AvgIpc) is 2.95. The third-order valence-electron chi connectivity index (χ3n) is 6.76. The third-order valence-corrected chi connectivity index (χ3v) is 7.33. The molecule has 4 N–H and O–H groups in total. The van der Waals surface area contributed by atoms with Crippen molar-refractivity contribution in [1.29, 1.82) is 0 Å². The summed E-state index contributed by atoms with van der Waals surface area (Å²) in [6.07, 6.45) is 3.76. The maximum Gasteiger partial charge on any atom is 0.251 e. The molecule has 0 aromatic heterocycles. The molecule has 1 fully saturated rings. The molecule has 2 aromatic rings. The molecule has 1 atom stereocenters. The number of amides is 3. The highest BCUT2D eigenvalue weighted by atomic mass is 35.5. The van der Waals surface area contributed by atoms with Crippen LogP contribution in [0.1, 0.15) is 74.3 Å². The van der Waals surface area contributed by atoms with Crippen molar-refractivity contribution in [3.05, 3.63) is 57.6 Å². The molecule has 7 nitrogen and oxygen atoms in total. The first-order valence-corrected chi connectivity index (χ1v) is 13.1. The molecule has 192 valence electrons. The molecule has 2 aromatic carbocycles. The van der Waals surface area contributed by atoms with Crippen LogP contribution in [0.3, 0.4) is 0 Å². The average molecular weight is 531 g/mol. The van der Waals surface area contributed by atoms with Crippen molar-refractivity contribution in [1.82, 2.24) is 5.32 Å². The van der Waals surface area contributed by atoms with Crippen LogP contribution in [-0.4, -0.2) is 29.8 Å². The van der Waals surface area contributed by atoms with Gasteiger partial charge in [0.1, 0.15) is 0 Å². The van der Waals surface area contributed by atoms with Crippen molar-refractivity contribution < 1.29 is 14.4 Å². The van der Waals surface area contributed by atoms with Gasteiger partial charge in [0.2, 0.25) is 11.8 Å². The van der Waals surface area contributed by atoms with Gasteiger partial charge >= 0.3 is 0 Å². The van der Waals surface area contributed by atoms with Gasteiger partial charge < -0.3 is 21.3 Å². The molecular weight excluding hydrogens is 499 g/mol. The minimum Gasteiger partial charge on any atom is -0.349 e. The molecule has 1 aliphatic carbocycles. The SMILES string of the molecule is CC(C)CC(=O)N1c2ccc(C(=O)NC3CCC(N)CC3)cc2NC(=O)CC1c1ccc(Cl)cc1Cl. The van der Waals surface area contributed by atoms with E-state index in [1.807, 2.05) is 13.8 Å². The van der Waals surface area contributed by atoms with Gasteiger partial charge in [-0.15, -0.1) is 0 Å². The predicted octanol–water partition coefficient (Wildman–Crippen LogP) is 5.46. The van der Waals surface area contributed by atoms with Crippen molar-refractivity contribution in [3.8, 4) is 0 Å². The first kappa shape index (κ1) is 26.5. The van der Waals surface area contributed by atoms with Gasteiger partial charge in [0.25, 0.3) is 5.91 Å². The number of rotatable bonds is 5. The Kier molecular flexibility index (Phi) is 8.23. The Bertz CT molecular complexity index is 1160. The van der Waals surface area contributed by atoms with E-state index in [0.717, 1.165) is 25.7 Å². The van der Waals surface area contributed by atoms with Crippen molar-refractivity contribution in [2.75, 3.05) is 10.2 Å². The first-order chi connectivity index (χ1) is 17.1. The largest absolute Gasteiger partial charge is 0.349 e. The molecular formula is C27H32Cl2N4O3. The van der Waals surface area contributed by atoms with E-state index in [9.17, 15) is 14.4 Å². The lowest BCUT2D eigenvalue weighted by Crippen LogP contribution is -2.40. The van der Waals surface area contributed by atoms with Crippen molar-refractivity contribution in [3.63, 3.8) is 0 Å². The summed E-state index contributed by atoms with van der Waals surface area (Å²) in [6.45, 7) is 3.94. The molecule has 3 amide bonds. The molecule has 9 heteroatoms. The quantitative estimate of drug-likeness (QED) is 0.477. The van der Waals surface area contributed by atoms with E-state index >= 15 is 0 Å². The van der Waals surface area contributed by atoms with E-state index in [1.54, 1.807) is 41.3 Å². The molecule has 0 bridgehead atoms. The monoisotopic (exact) mass is 530 g/mol. The third kappa shape index (κ3) is 6.02. The summed E-state index contributed by atoms with van der Waals surface area (Å²) in [4.78, 5) is 41.2. The summed E-state index contributed by atoms with van der Waals surface area (Å²) >= 11 is 12.6. The van der Waals surface area contributed by atoms with E-state index in [0.29, 0.717) is 39.0 Å². The highest BCUT2D eigenvalue weighted by Crippen LogP contribution is 2.41. The summed E-state index contributed by atoms with van der Waals surface area (Å²) in [5, 5.41) is 6.83. The minimum atomic E-state index is -0.617. The van der Waals surface area contributed by atoms with Gasteiger partial charge in [0.15, 0.2) is 0 Å². The normalized spacial score (nSPS) is 22.0. The lowest BCUT2D eigenvalue weighted by molar-refractivity contribution is -0.120. The summed E-state index contributed by atoms with van der Waals surface area (Å²) in [6, 6.07) is 9.76. The summed E-state index contributed by atoms with van der Waals surface area (Å²) in [7, 11) is 0. The molecule has 1 saturated carbocycles. The predicted molar refractivity (Wildman–Crippen MR) is 144 cm³/mol. The topological polar surface area (TPSA) is 105 Å². The Labute approximate surface area is 221 Å². The second-order valence-corrected chi connectivity index (χ2v) is 11.0. The van der Waals surface area contributed by atoms with E-state index < -0.39 is 6.04 Å². The minimum absolute atomic E-state index is 0.0176. The second kappa shape index (κ2) is 11.2. The van der Waals surface area contributed by atoms with Gasteiger partial charge in [-0.2, -0.15) is 0 Å². The van der Waals surface area contributed by atoms with Gasteiger partial charge in [-0.05, 0) is 67.5 Å². The van der Waals surface area contributed by atoms with Crippen molar-refractivity contribution >= 4 is 52.3 Å². The number of nitrogens with zero attached hydrogens (tertiary/aromatic N) is 1. The molecule has 1 aliphatic heterocycles. The number of anilines is 2. The van der Waals surface area contributed by atoms with Gasteiger partial charge in [-0.3, -0.25) is 14.4 Å². The highest BCUT2D eigenvalue weighted by Gasteiger charge is 2.35. The highest BCUT2D eigenvalue weighted by molar-refractivity contribution is 6.35. The Morgan fingerprint density at radius 1 is 1.11 bits per heavy atom. The lowest BCUT2D eigenvalue weighted by atomic mass is 9.91. The maximum absolute atomic E-state index is 13.5. The molecule has 4 rings (SSSR count). The van der Waals surface area contributed by atoms with E-state index in [2.05, 4.69) is 10.6 Å². The number of carbonyl (C=O) groups is 3. The fourth-order valence-corrected chi connectivity index (χ4v) is 5.47. The Morgan fingerprint density at radius 3 is 2.50 bits per heavy atom. The van der Waals surface area contributed by atoms with Gasteiger partial charge in [-0.25, -0.2) is 0 Å². The number of nitrogens with one attached hydrogen (secondary N) is 2. The van der Waals surface area contributed by atoms with Gasteiger partial charge in [0, 0.05) is 34.1 Å². The summed E-state index contributed by atoms with van der Waals surface area (Å²) in [5.74, 6) is -0.502. The molecule has 36 heavy (non-hydrogen) atoms. The van der Waals surface area contributed by atoms with Crippen molar-refractivity contribution in [2.45, 2.75) is 70.5 Å². The van der Waals surface area contributed by atoms with Crippen LogP contribution in [0.15, 0.2) is 36.4 Å². The molecule has 0 saturated heterocycles. The van der Waals surface area contributed by atoms with Crippen LogP contribution in [0.5, 0.6) is 0 Å². The maximum atomic E-state index is 13.5. The van der Waals surface area contributed by atoms with E-state index in [-0.39, 0.29) is 42.1 Å². The Balaban J connectivity index is 1.70. The fraction of sp³-hybridized carbons (Fsp3) is 0.444. The zero-order chi connectivity index (χ0) is 26.0. The number of hydrogen-bond acceptors (Lipinski definition) is 4. The second-order valence-electron chi connectivity index (χ2n) is 10.1. The molecule has 0 spiro atoms. The summed E-state index contributed by atoms with van der Waals surface area (Å²) in [5.41, 5.74) is 7.99. The molecule has 2 aliphatic rings. The molecule has 0 radical (unpaired) electrons. The van der Waals surface area contributed by atoms with Crippen LogP contribution in [0.2, 0.25) is 10.0 Å². The van der Waals surface area contributed by atoms with Crippen molar-refractivity contribution in [2.24, 2.45) is 11.7 Å². The number of carbonyl (C=O) groups excluding carboxylic acids is 3. The van der Waals surface area contributed by atoms with Gasteiger partial charge in [-0.1, -0.05) is 43.1 Å². The summed E-state index contributed by atoms with van der Waals surface area (Å²) < 4.78 is 0. The number of halogens is 2. The Morgan fingerprint density at radius 2 is 1.83 bits per heavy atom. The zero-order valence-corrected chi connectivity index (χ0v) is 22.0. The Hall–Kier alpha value is -2.61. The zero-order valence-electron chi connectivity index (χ0n) is 20.5. The van der Waals surface area contributed by atoms with Gasteiger partial charge in [0.05, 0.1) is 23.8 Å². The smallest absolute Gasteiger partial charge is 0.251 e. The standard InChI is InChI=1S/C27H32Cl2N4O3/c1-15(2)11-26(35)33-23-10-3-16(27(36)31-19-7-5-18(30)6-8-19)12-22(23)32-25(34)14-24(33)20-9-4-17(28)13-21(20)29/h3-4,9-10,12-13,15,18-19,24H,5-8,11,14,30H2,1-2H3,(H,31,36)(H,32,34). The number of benzene rings is 2. The van der Waals surface area contributed by atoms with Crippen LogP contribution < -0.4 is 21.3 Å². The van der Waals surface area contributed by atoms with Crippen LogP contribution in [0.25, 0.3) is 0 Å². The van der Waals surface area contributed by atoms with E-state index in [1.165, 1.54) is 0 Å². The number of nitrogens with two attached hydrogens (primary N) is 1. The first-order valence-electron chi connectivity index (χ1n) is 12.4. The van der Waals surface area contributed by atoms with Crippen LogP contribution in [0.4, 0.5) is 11.4 Å². The van der Waals surface area contributed by atoms with Crippen LogP contribution in [0, 0.1) is 5.92 Å². The van der Waals surface area contributed by atoms with Crippen LogP contribution in [-0.2, 0) is 9.59 Å². The number of fused-ring (bicyclic) bond motifs is 1. The molecule has 1 heterocycles. The van der Waals surface area contributed by atoms with Crippen LogP contribution >= 0.6 is 23.2 Å². The fourth-order valence-electron chi connectivity index (χ4n) is 4.93. The lowest BCUT2D eigenvalue weighted by Gasteiger charge is -2.32. The number of hydrogen-bond donors (Lipinski definition) is 3.